The second-order valence-corrected chi connectivity index (χ2v) is 8.19. The van der Waals surface area contributed by atoms with Gasteiger partial charge in [-0.2, -0.15) is 5.10 Å². The predicted octanol–water partition coefficient (Wildman–Crippen LogP) is 2.52. The van der Waals surface area contributed by atoms with Gasteiger partial charge in [0.05, 0.1) is 11.9 Å². The minimum absolute atomic E-state index is 0.0992. The Balaban J connectivity index is 1.45. The highest BCUT2D eigenvalue weighted by atomic mass is 16.2. The van der Waals surface area contributed by atoms with Gasteiger partial charge in [0.15, 0.2) is 5.65 Å². The van der Waals surface area contributed by atoms with Crippen molar-refractivity contribution >= 4 is 29.1 Å². The molecule has 0 aromatic carbocycles. The highest BCUT2D eigenvalue weighted by Gasteiger charge is 2.40. The third-order valence-corrected chi connectivity index (χ3v) is 6.16. The fraction of sp³-hybridized carbons (Fsp3) is 0.333. The zero-order valence-electron chi connectivity index (χ0n) is 17.2. The molecule has 1 aliphatic heterocycles. The van der Waals surface area contributed by atoms with Crippen LogP contribution in [-0.4, -0.2) is 47.3 Å². The number of pyridine rings is 1. The quantitative estimate of drug-likeness (QED) is 0.546. The summed E-state index contributed by atoms with van der Waals surface area (Å²) in [6.07, 6.45) is 6.18. The number of nitrogens with zero attached hydrogens (tertiary/aromatic N) is 8. The second kappa shape index (κ2) is 6.59. The SMILES string of the molecule is CN1C(=O)CC(C2CC2)c2nnc3cc(-c4ccnc(Nc5ccnn5C)n4)cc1n23. The van der Waals surface area contributed by atoms with E-state index >= 15 is 0 Å². The molecule has 6 rings (SSSR count). The summed E-state index contributed by atoms with van der Waals surface area (Å²) in [7, 11) is 3.66. The molecule has 4 aromatic heterocycles. The van der Waals surface area contributed by atoms with Crippen molar-refractivity contribution in [2.24, 2.45) is 13.0 Å². The Bertz CT molecular complexity index is 1320. The van der Waals surface area contributed by atoms with Crippen LogP contribution in [0.2, 0.25) is 0 Å². The number of anilines is 3. The van der Waals surface area contributed by atoms with Crippen molar-refractivity contribution in [1.82, 2.24) is 34.3 Å². The molecule has 31 heavy (non-hydrogen) atoms. The molecule has 2 aliphatic rings. The molecule has 0 saturated heterocycles. The molecule has 156 valence electrons. The van der Waals surface area contributed by atoms with Crippen LogP contribution >= 0.6 is 0 Å². The van der Waals surface area contributed by atoms with Gasteiger partial charge < -0.3 is 10.2 Å². The number of rotatable bonds is 4. The van der Waals surface area contributed by atoms with Gasteiger partial charge >= 0.3 is 0 Å². The summed E-state index contributed by atoms with van der Waals surface area (Å²) in [4.78, 5) is 23.6. The van der Waals surface area contributed by atoms with Gasteiger partial charge in [-0.15, -0.1) is 10.2 Å². The van der Waals surface area contributed by atoms with E-state index in [1.165, 1.54) is 0 Å². The molecule has 0 radical (unpaired) electrons. The van der Waals surface area contributed by atoms with E-state index in [1.807, 2.05) is 42.8 Å². The highest BCUT2D eigenvalue weighted by molar-refractivity contribution is 5.94. The first kappa shape index (κ1) is 18.0. The second-order valence-electron chi connectivity index (χ2n) is 8.19. The molecule has 1 atom stereocenters. The summed E-state index contributed by atoms with van der Waals surface area (Å²) in [5, 5.41) is 16.3. The number of amides is 1. The first-order valence-electron chi connectivity index (χ1n) is 10.3. The van der Waals surface area contributed by atoms with Crippen molar-refractivity contribution in [2.45, 2.75) is 25.2 Å². The van der Waals surface area contributed by atoms with E-state index in [1.54, 1.807) is 22.0 Å². The van der Waals surface area contributed by atoms with Crippen molar-refractivity contribution in [3.63, 3.8) is 0 Å². The molecule has 0 bridgehead atoms. The number of carbonyl (C=O) groups is 1. The van der Waals surface area contributed by atoms with E-state index in [-0.39, 0.29) is 11.8 Å². The lowest BCUT2D eigenvalue weighted by molar-refractivity contribution is -0.118. The van der Waals surface area contributed by atoms with Crippen LogP contribution in [0.15, 0.2) is 36.7 Å². The Labute approximate surface area is 177 Å². The lowest BCUT2D eigenvalue weighted by atomic mass is 9.98. The molecular formula is C21H21N9O. The van der Waals surface area contributed by atoms with Crippen LogP contribution in [0, 0.1) is 5.92 Å². The summed E-state index contributed by atoms with van der Waals surface area (Å²) in [6, 6.07) is 7.63. The maximum Gasteiger partial charge on any atom is 0.228 e. The number of aryl methyl sites for hydroxylation is 1. The maximum absolute atomic E-state index is 12.9. The van der Waals surface area contributed by atoms with Gasteiger partial charge in [0.1, 0.15) is 17.5 Å². The maximum atomic E-state index is 12.9. The summed E-state index contributed by atoms with van der Waals surface area (Å²) < 4.78 is 3.73. The lowest BCUT2D eigenvalue weighted by Crippen LogP contribution is -2.27. The molecular weight excluding hydrogens is 394 g/mol. The van der Waals surface area contributed by atoms with Crippen molar-refractivity contribution in [3.8, 4) is 11.3 Å². The number of aromatic nitrogens is 7. The average Bonchev–Trinajstić information content (AvgIpc) is 3.43. The Morgan fingerprint density at radius 3 is 2.74 bits per heavy atom. The smallest absolute Gasteiger partial charge is 0.228 e. The van der Waals surface area contributed by atoms with Crippen LogP contribution in [-0.2, 0) is 11.8 Å². The van der Waals surface area contributed by atoms with Crippen LogP contribution in [0.1, 0.15) is 31.0 Å². The fourth-order valence-electron chi connectivity index (χ4n) is 4.27. The molecule has 5 heterocycles. The fourth-order valence-corrected chi connectivity index (χ4v) is 4.27. The molecule has 1 amide bonds. The minimum atomic E-state index is 0.0992. The van der Waals surface area contributed by atoms with E-state index in [0.29, 0.717) is 18.3 Å². The number of hydrogen-bond acceptors (Lipinski definition) is 7. The molecule has 4 aromatic rings. The summed E-state index contributed by atoms with van der Waals surface area (Å²) in [6.45, 7) is 0. The third-order valence-electron chi connectivity index (χ3n) is 6.16. The molecule has 0 spiro atoms. The van der Waals surface area contributed by atoms with E-state index in [0.717, 1.165) is 47.2 Å². The van der Waals surface area contributed by atoms with Crippen LogP contribution in [0.5, 0.6) is 0 Å². The molecule has 10 heteroatoms. The van der Waals surface area contributed by atoms with Crippen molar-refractivity contribution in [2.75, 3.05) is 17.3 Å². The minimum Gasteiger partial charge on any atom is -0.309 e. The first-order chi connectivity index (χ1) is 15.1. The zero-order valence-corrected chi connectivity index (χ0v) is 17.2. The van der Waals surface area contributed by atoms with E-state index in [4.69, 9.17) is 0 Å². The number of hydrogen-bond donors (Lipinski definition) is 1. The van der Waals surface area contributed by atoms with Crippen molar-refractivity contribution < 1.29 is 4.79 Å². The monoisotopic (exact) mass is 415 g/mol. The lowest BCUT2D eigenvalue weighted by Gasteiger charge is -2.17. The average molecular weight is 415 g/mol. The van der Waals surface area contributed by atoms with Gasteiger partial charge in [0, 0.05) is 44.3 Å². The Kier molecular flexibility index (Phi) is 3.83. The van der Waals surface area contributed by atoms with Crippen LogP contribution < -0.4 is 10.2 Å². The predicted molar refractivity (Wildman–Crippen MR) is 114 cm³/mol. The summed E-state index contributed by atoms with van der Waals surface area (Å²) in [5.41, 5.74) is 2.29. The third kappa shape index (κ3) is 2.94. The Morgan fingerprint density at radius 1 is 1.10 bits per heavy atom. The van der Waals surface area contributed by atoms with Gasteiger partial charge in [0.2, 0.25) is 11.9 Å². The largest absolute Gasteiger partial charge is 0.309 e. The molecule has 1 unspecified atom stereocenters. The van der Waals surface area contributed by atoms with Gasteiger partial charge in [-0.25, -0.2) is 9.97 Å². The van der Waals surface area contributed by atoms with Gasteiger partial charge in [-0.05, 0) is 37.0 Å². The molecule has 1 saturated carbocycles. The molecule has 1 fully saturated rings. The number of nitrogens with one attached hydrogen (secondary N) is 1. The zero-order chi connectivity index (χ0) is 21.1. The van der Waals surface area contributed by atoms with Crippen LogP contribution in [0.4, 0.5) is 17.6 Å². The normalized spacial score (nSPS) is 18.5. The van der Waals surface area contributed by atoms with Gasteiger partial charge in [-0.1, -0.05) is 0 Å². The summed E-state index contributed by atoms with van der Waals surface area (Å²) >= 11 is 0. The van der Waals surface area contributed by atoms with E-state index in [9.17, 15) is 4.79 Å². The van der Waals surface area contributed by atoms with E-state index < -0.39 is 0 Å². The Morgan fingerprint density at radius 2 is 1.97 bits per heavy atom. The van der Waals surface area contributed by atoms with Crippen LogP contribution in [0.3, 0.4) is 0 Å². The van der Waals surface area contributed by atoms with Crippen molar-refractivity contribution in [1.29, 1.82) is 0 Å². The Hall–Kier alpha value is -3.82. The summed E-state index contributed by atoms with van der Waals surface area (Å²) in [5.74, 6) is 3.66. The number of carbonyl (C=O) groups excluding carboxylic acids is 1. The van der Waals surface area contributed by atoms with E-state index in [2.05, 4.69) is 30.6 Å². The van der Waals surface area contributed by atoms with Gasteiger partial charge in [-0.3, -0.25) is 13.9 Å². The molecule has 10 nitrogen and oxygen atoms in total. The molecule has 1 aliphatic carbocycles. The highest BCUT2D eigenvalue weighted by Crippen LogP contribution is 2.46. The topological polar surface area (TPSA) is 106 Å². The van der Waals surface area contributed by atoms with Crippen LogP contribution in [0.25, 0.3) is 16.9 Å². The molecule has 1 N–H and O–H groups in total. The standard InChI is InChI=1S/C21H21N9O/c1-28-18-10-13(15-5-7-22-21(24-15)25-16-6-8-23-29(16)2)9-17-26-27-20(30(17)18)14(11-19(28)31)12-3-4-12/h5-10,12,14H,3-4,11H2,1-2H3,(H,22,24,25). The first-order valence-corrected chi connectivity index (χ1v) is 10.3. The van der Waals surface area contributed by atoms with Crippen molar-refractivity contribution in [3.05, 3.63) is 42.5 Å². The van der Waals surface area contributed by atoms with Gasteiger partial charge in [0.25, 0.3) is 0 Å².